The monoisotopic (exact) mass is 304 g/mol. The van der Waals surface area contributed by atoms with E-state index in [1.807, 2.05) is 48.7 Å². The number of carbonyl (C=O) groups excluding carboxylic acids is 2. The molecule has 1 aliphatic rings. The van der Waals surface area contributed by atoms with Crippen LogP contribution in [0.1, 0.15) is 19.3 Å². The van der Waals surface area contributed by atoms with Gasteiger partial charge in [-0.1, -0.05) is 42.3 Å². The second kappa shape index (κ2) is 7.88. The quantitative estimate of drug-likeness (QED) is 0.478. The van der Waals surface area contributed by atoms with Crippen LogP contribution >= 0.6 is 11.9 Å². The predicted octanol–water partition coefficient (Wildman–Crippen LogP) is 3.09. The van der Waals surface area contributed by atoms with Crippen molar-refractivity contribution in [1.82, 2.24) is 4.31 Å². The number of benzene rings is 1. The van der Waals surface area contributed by atoms with Gasteiger partial charge in [-0.3, -0.25) is 13.9 Å². The standard InChI is InChI=1S/C16H20N2O2S/c1-21-18-12-13(16(18)20)8-4-2-7-11-15(19)17-14-9-5-3-6-10-14/h2-6,9-10,13H,7-8,11-12H2,1H3,(H,17,19)/b4-2+/t13-/m0/s1. The minimum Gasteiger partial charge on any atom is -0.326 e. The van der Waals surface area contributed by atoms with Crippen molar-refractivity contribution in [1.29, 1.82) is 0 Å². The Hall–Kier alpha value is -1.75. The summed E-state index contributed by atoms with van der Waals surface area (Å²) in [6.07, 6.45) is 7.84. The van der Waals surface area contributed by atoms with Crippen LogP contribution in [0.2, 0.25) is 0 Å². The Kier molecular flexibility index (Phi) is 5.87. The minimum atomic E-state index is 0.0131. The zero-order chi connectivity index (χ0) is 15.1. The molecule has 0 radical (unpaired) electrons. The molecule has 4 nitrogen and oxygen atoms in total. The van der Waals surface area contributed by atoms with E-state index < -0.39 is 0 Å². The Labute approximate surface area is 129 Å². The van der Waals surface area contributed by atoms with Gasteiger partial charge in [-0.25, -0.2) is 0 Å². The second-order valence-corrected chi connectivity index (χ2v) is 5.74. The highest BCUT2D eigenvalue weighted by Crippen LogP contribution is 2.26. The van der Waals surface area contributed by atoms with Crippen LogP contribution in [-0.4, -0.2) is 28.9 Å². The number of carbonyl (C=O) groups is 2. The normalized spacial score (nSPS) is 17.9. The van der Waals surface area contributed by atoms with Crippen molar-refractivity contribution in [3.8, 4) is 0 Å². The molecule has 1 N–H and O–H groups in total. The van der Waals surface area contributed by atoms with Gasteiger partial charge in [-0.05, 0) is 25.0 Å². The maximum absolute atomic E-state index is 11.7. The van der Waals surface area contributed by atoms with Crippen molar-refractivity contribution in [2.75, 3.05) is 18.1 Å². The molecule has 1 heterocycles. The van der Waals surface area contributed by atoms with Gasteiger partial charge in [0.1, 0.15) is 0 Å². The van der Waals surface area contributed by atoms with Gasteiger partial charge in [-0.2, -0.15) is 0 Å². The fourth-order valence-electron chi connectivity index (χ4n) is 2.14. The fraction of sp³-hybridized carbons (Fsp3) is 0.375. The Bertz CT molecular complexity index is 516. The maximum Gasteiger partial charge on any atom is 0.237 e. The first-order chi connectivity index (χ1) is 10.2. The second-order valence-electron chi connectivity index (χ2n) is 4.94. The molecule has 2 rings (SSSR count). The van der Waals surface area contributed by atoms with E-state index in [4.69, 9.17) is 0 Å². The number of β-lactam (4-membered cyclic amide) rings is 1. The molecule has 1 aromatic carbocycles. The van der Waals surface area contributed by atoms with Gasteiger partial charge in [0.2, 0.25) is 11.8 Å². The number of anilines is 1. The summed E-state index contributed by atoms with van der Waals surface area (Å²) in [4.78, 5) is 23.3. The van der Waals surface area contributed by atoms with Gasteiger partial charge in [0.25, 0.3) is 0 Å². The summed E-state index contributed by atoms with van der Waals surface area (Å²) < 4.78 is 1.77. The summed E-state index contributed by atoms with van der Waals surface area (Å²) in [5.41, 5.74) is 0.823. The van der Waals surface area contributed by atoms with Crippen LogP contribution in [-0.2, 0) is 9.59 Å². The fourth-order valence-corrected chi connectivity index (χ4v) is 2.80. The van der Waals surface area contributed by atoms with Gasteiger partial charge in [0, 0.05) is 24.9 Å². The van der Waals surface area contributed by atoms with Gasteiger partial charge in [0.05, 0.1) is 5.92 Å². The molecule has 0 spiro atoms. The lowest BCUT2D eigenvalue weighted by atomic mass is 9.97. The average Bonchev–Trinajstić information content (AvgIpc) is 2.50. The molecule has 1 atom stereocenters. The Morgan fingerprint density at radius 1 is 1.38 bits per heavy atom. The van der Waals surface area contributed by atoms with Crippen molar-refractivity contribution >= 4 is 29.4 Å². The lowest BCUT2D eigenvalue weighted by Crippen LogP contribution is -2.47. The van der Waals surface area contributed by atoms with Crippen molar-refractivity contribution in [2.45, 2.75) is 19.3 Å². The molecule has 112 valence electrons. The molecule has 2 amide bonds. The van der Waals surface area contributed by atoms with Gasteiger partial charge in [0.15, 0.2) is 0 Å². The predicted molar refractivity (Wildman–Crippen MR) is 86.8 cm³/mol. The average molecular weight is 304 g/mol. The Morgan fingerprint density at radius 3 is 2.81 bits per heavy atom. The lowest BCUT2D eigenvalue weighted by molar-refractivity contribution is -0.139. The number of hydrogen-bond donors (Lipinski definition) is 1. The van der Waals surface area contributed by atoms with Crippen LogP contribution < -0.4 is 5.32 Å². The Morgan fingerprint density at radius 2 is 2.14 bits per heavy atom. The van der Waals surface area contributed by atoms with E-state index in [0.29, 0.717) is 12.8 Å². The van der Waals surface area contributed by atoms with E-state index in [-0.39, 0.29) is 17.7 Å². The third-order valence-electron chi connectivity index (χ3n) is 3.38. The van der Waals surface area contributed by atoms with Crippen LogP contribution in [0.25, 0.3) is 0 Å². The van der Waals surface area contributed by atoms with E-state index >= 15 is 0 Å². The molecular formula is C16H20N2O2S. The first kappa shape index (κ1) is 15.6. The molecule has 21 heavy (non-hydrogen) atoms. The number of rotatable bonds is 7. The topological polar surface area (TPSA) is 49.4 Å². The summed E-state index contributed by atoms with van der Waals surface area (Å²) in [6.45, 7) is 0.832. The smallest absolute Gasteiger partial charge is 0.237 e. The third kappa shape index (κ3) is 4.63. The Balaban J connectivity index is 1.60. The summed E-state index contributed by atoms with van der Waals surface area (Å²) in [6, 6.07) is 9.44. The highest BCUT2D eigenvalue weighted by Gasteiger charge is 2.34. The number of amides is 2. The largest absolute Gasteiger partial charge is 0.326 e. The van der Waals surface area contributed by atoms with E-state index in [0.717, 1.165) is 18.7 Å². The molecule has 1 aliphatic heterocycles. The number of hydrogen-bond acceptors (Lipinski definition) is 3. The first-order valence-electron chi connectivity index (χ1n) is 7.06. The molecule has 0 aromatic heterocycles. The van der Waals surface area contributed by atoms with Gasteiger partial charge in [-0.15, -0.1) is 0 Å². The molecule has 0 saturated carbocycles. The molecule has 1 saturated heterocycles. The molecule has 0 unspecified atom stereocenters. The van der Waals surface area contributed by atoms with E-state index in [1.165, 1.54) is 11.9 Å². The van der Waals surface area contributed by atoms with Crippen LogP contribution in [0.5, 0.6) is 0 Å². The first-order valence-corrected chi connectivity index (χ1v) is 8.24. The SMILES string of the molecule is CSN1C[C@H](C/C=C/CCC(=O)Nc2ccccc2)C1=O. The molecular weight excluding hydrogens is 284 g/mol. The van der Waals surface area contributed by atoms with E-state index in [1.54, 1.807) is 4.31 Å². The molecule has 0 bridgehead atoms. The van der Waals surface area contributed by atoms with Crippen molar-refractivity contribution in [2.24, 2.45) is 5.92 Å². The molecule has 5 heteroatoms. The van der Waals surface area contributed by atoms with Crippen LogP contribution in [0.15, 0.2) is 42.5 Å². The summed E-state index contributed by atoms with van der Waals surface area (Å²) in [5.74, 6) is 0.361. The molecule has 1 aromatic rings. The number of nitrogens with zero attached hydrogens (tertiary/aromatic N) is 1. The zero-order valence-electron chi connectivity index (χ0n) is 12.1. The van der Waals surface area contributed by atoms with E-state index in [2.05, 4.69) is 5.32 Å². The van der Waals surface area contributed by atoms with Crippen LogP contribution in [0.4, 0.5) is 5.69 Å². The number of nitrogens with one attached hydrogen (secondary N) is 1. The van der Waals surface area contributed by atoms with Crippen molar-refractivity contribution < 1.29 is 9.59 Å². The van der Waals surface area contributed by atoms with Crippen molar-refractivity contribution in [3.63, 3.8) is 0 Å². The summed E-state index contributed by atoms with van der Waals surface area (Å²) in [7, 11) is 0. The number of allylic oxidation sites excluding steroid dienone is 2. The van der Waals surface area contributed by atoms with Gasteiger partial charge >= 0.3 is 0 Å². The van der Waals surface area contributed by atoms with Crippen LogP contribution in [0, 0.1) is 5.92 Å². The van der Waals surface area contributed by atoms with Crippen LogP contribution in [0.3, 0.4) is 0 Å². The zero-order valence-corrected chi connectivity index (χ0v) is 12.9. The number of para-hydroxylation sites is 1. The van der Waals surface area contributed by atoms with E-state index in [9.17, 15) is 9.59 Å². The van der Waals surface area contributed by atoms with Gasteiger partial charge < -0.3 is 5.32 Å². The van der Waals surface area contributed by atoms with Crippen molar-refractivity contribution in [3.05, 3.63) is 42.5 Å². The maximum atomic E-state index is 11.7. The molecule has 1 fully saturated rings. The highest BCUT2D eigenvalue weighted by atomic mass is 32.2. The third-order valence-corrected chi connectivity index (χ3v) is 4.15. The minimum absolute atomic E-state index is 0.0131. The summed E-state index contributed by atoms with van der Waals surface area (Å²) in [5, 5.41) is 2.85. The highest BCUT2D eigenvalue weighted by molar-refractivity contribution is 7.96. The molecule has 0 aliphatic carbocycles. The lowest BCUT2D eigenvalue weighted by Gasteiger charge is -2.35. The summed E-state index contributed by atoms with van der Waals surface area (Å²) >= 11 is 1.48.